The van der Waals surface area contributed by atoms with E-state index in [0.717, 1.165) is 22.3 Å². The number of hydrogen-bond donors (Lipinski definition) is 0. The van der Waals surface area contributed by atoms with Crippen LogP contribution in [0.5, 0.6) is 0 Å². The lowest BCUT2D eigenvalue weighted by Crippen LogP contribution is -2.51. The molecule has 0 atom stereocenters. The Morgan fingerprint density at radius 2 is 0.629 bits per heavy atom. The minimum atomic E-state index is -2.25. The Labute approximate surface area is 362 Å². The van der Waals surface area contributed by atoms with Crippen LogP contribution in [0.2, 0.25) is 26.2 Å². The molecule has 2 aromatic heterocycles. The number of benzene rings is 9. The molecule has 0 saturated heterocycles. The minimum absolute atomic E-state index is 0.938. The fourth-order valence-corrected chi connectivity index (χ4v) is 17.2. The highest BCUT2D eigenvalue weighted by Gasteiger charge is 2.46. The van der Waals surface area contributed by atoms with E-state index in [2.05, 4.69) is 208 Å². The van der Waals surface area contributed by atoms with Crippen molar-refractivity contribution in [2.45, 2.75) is 26.2 Å². The molecule has 2 aliphatic heterocycles. The van der Waals surface area contributed by atoms with Crippen LogP contribution in [0.4, 0.5) is 0 Å². The van der Waals surface area contributed by atoms with Crippen molar-refractivity contribution < 1.29 is 8.83 Å². The first-order chi connectivity index (χ1) is 30.3. The quantitative estimate of drug-likeness (QED) is 0.165. The lowest BCUT2D eigenvalue weighted by atomic mass is 9.91. The third-order valence-corrected chi connectivity index (χ3v) is 21.3. The molecule has 0 N–H and O–H groups in total. The lowest BCUT2D eigenvalue weighted by molar-refractivity contribution is 0.670. The highest BCUT2D eigenvalue weighted by molar-refractivity contribution is 7.06. The molecule has 0 fully saturated rings. The predicted molar refractivity (Wildman–Crippen MR) is 267 cm³/mol. The molecule has 62 heavy (non-hydrogen) atoms. The van der Waals surface area contributed by atoms with Gasteiger partial charge in [0.25, 0.3) is 0 Å². The maximum absolute atomic E-state index is 6.93. The largest absolute Gasteiger partial charge is 0.455 e. The van der Waals surface area contributed by atoms with Crippen LogP contribution < -0.4 is 20.7 Å². The normalized spacial score (nSPS) is 14.4. The topological polar surface area (TPSA) is 26.3 Å². The second-order valence-electron chi connectivity index (χ2n) is 18.4. The highest BCUT2D eigenvalue weighted by atomic mass is 28.3. The Kier molecular flexibility index (Phi) is 7.36. The lowest BCUT2D eigenvalue weighted by Gasteiger charge is -2.22. The number of furan rings is 2. The van der Waals surface area contributed by atoms with Gasteiger partial charge >= 0.3 is 0 Å². The third kappa shape index (κ3) is 4.90. The highest BCUT2D eigenvalue weighted by Crippen LogP contribution is 2.48. The summed E-state index contributed by atoms with van der Waals surface area (Å²) in [5.41, 5.74) is 19.0. The summed E-state index contributed by atoms with van der Waals surface area (Å²) >= 11 is 0. The molecule has 4 heterocycles. The Morgan fingerprint density at radius 1 is 0.306 bits per heavy atom. The summed E-state index contributed by atoms with van der Waals surface area (Å²) in [6, 6.07) is 67.0. The fraction of sp³-hybridized carbons (Fsp3) is 0.0690. The zero-order valence-corrected chi connectivity index (χ0v) is 37.1. The summed E-state index contributed by atoms with van der Waals surface area (Å²) < 4.78 is 13.9. The van der Waals surface area contributed by atoms with Crippen LogP contribution in [0.15, 0.2) is 191 Å². The van der Waals surface area contributed by atoms with E-state index in [1.54, 1.807) is 0 Å². The van der Waals surface area contributed by atoms with Crippen molar-refractivity contribution in [3.8, 4) is 66.8 Å². The van der Waals surface area contributed by atoms with Gasteiger partial charge < -0.3 is 8.83 Å². The number of fused-ring (bicyclic) bond motifs is 14. The van der Waals surface area contributed by atoms with Gasteiger partial charge in [0, 0.05) is 32.7 Å². The van der Waals surface area contributed by atoms with Gasteiger partial charge in [-0.25, -0.2) is 0 Å². The van der Waals surface area contributed by atoms with Crippen LogP contribution >= 0.6 is 0 Å². The van der Waals surface area contributed by atoms with E-state index in [9.17, 15) is 0 Å². The van der Waals surface area contributed by atoms with Crippen LogP contribution in [0.1, 0.15) is 0 Å². The van der Waals surface area contributed by atoms with E-state index in [1.807, 2.05) is 0 Å². The van der Waals surface area contributed by atoms with Crippen molar-refractivity contribution in [3.05, 3.63) is 182 Å². The summed E-state index contributed by atoms with van der Waals surface area (Å²) in [4.78, 5) is 0. The Hall–Kier alpha value is -6.99. The van der Waals surface area contributed by atoms with E-state index in [0.29, 0.717) is 0 Å². The molecule has 13 rings (SSSR count). The number of rotatable bonds is 4. The van der Waals surface area contributed by atoms with E-state index < -0.39 is 16.1 Å². The molecule has 294 valence electrons. The summed E-state index contributed by atoms with van der Waals surface area (Å²) in [5, 5.41) is 10.9. The predicted octanol–water partition coefficient (Wildman–Crippen LogP) is 13.8. The summed E-state index contributed by atoms with van der Waals surface area (Å²) in [6.45, 7) is 10.2. The molecule has 9 aromatic carbocycles. The molecule has 0 aliphatic carbocycles. The van der Waals surface area contributed by atoms with Crippen LogP contribution in [0.25, 0.3) is 111 Å². The van der Waals surface area contributed by atoms with E-state index in [-0.39, 0.29) is 0 Å². The summed E-state index contributed by atoms with van der Waals surface area (Å²) in [7, 11) is -4.50. The summed E-state index contributed by atoms with van der Waals surface area (Å²) in [5.74, 6) is 0. The van der Waals surface area contributed by atoms with Gasteiger partial charge in [0.15, 0.2) is 0 Å². The first-order valence-electron chi connectivity index (χ1n) is 21.7. The van der Waals surface area contributed by atoms with Crippen molar-refractivity contribution in [2.24, 2.45) is 0 Å². The van der Waals surface area contributed by atoms with Crippen molar-refractivity contribution in [1.29, 1.82) is 0 Å². The van der Waals surface area contributed by atoms with Gasteiger partial charge in [-0.15, -0.1) is 0 Å². The van der Waals surface area contributed by atoms with Gasteiger partial charge in [0.05, 0.1) is 0 Å². The second-order valence-corrected chi connectivity index (χ2v) is 27.0. The first kappa shape index (κ1) is 35.7. The second kappa shape index (κ2) is 12.8. The number of para-hydroxylation sites is 2. The standard InChI is InChI=1S/C58H42O2Si2/c1-61(2)49-33-46-50(34-45(49)53-51(61)31-43(57-55(53)41-19-11-13-21-47(41)59-57)39-27-23-37(24-28-39)35-15-7-5-8-16-35)62(3,4)52-32-44(40-29-25-38(26-30-40)36-17-9-6-10-18-36)58-56(54(46)52)42-20-12-14-22-48(42)60-58/h5-34H,1-4H3. The van der Waals surface area contributed by atoms with E-state index in [4.69, 9.17) is 8.83 Å². The maximum Gasteiger partial charge on any atom is 0.143 e. The van der Waals surface area contributed by atoms with Crippen LogP contribution in [0, 0.1) is 0 Å². The van der Waals surface area contributed by atoms with Crippen molar-refractivity contribution in [3.63, 3.8) is 0 Å². The molecule has 0 amide bonds. The van der Waals surface area contributed by atoms with Gasteiger partial charge in [-0.05, 0) is 88.5 Å². The van der Waals surface area contributed by atoms with Crippen LogP contribution in [-0.4, -0.2) is 16.1 Å². The maximum atomic E-state index is 6.93. The third-order valence-electron chi connectivity index (χ3n) is 14.3. The SMILES string of the molecule is C[Si]1(C)c2cc3c(cc2-c2c1cc(-c1ccc(-c4ccccc4)cc1)c1oc4ccccc4c21)[Si](C)(C)c1cc(-c2ccc(-c4ccccc4)cc2)c2oc4ccccc4c2c1-3. The monoisotopic (exact) mass is 826 g/mol. The molecule has 0 saturated carbocycles. The van der Waals surface area contributed by atoms with Gasteiger partial charge in [-0.2, -0.15) is 0 Å². The Morgan fingerprint density at radius 3 is 1.03 bits per heavy atom. The average Bonchev–Trinajstić information content (AvgIpc) is 4.01. The van der Waals surface area contributed by atoms with Crippen molar-refractivity contribution in [2.75, 3.05) is 0 Å². The first-order valence-corrected chi connectivity index (χ1v) is 27.7. The molecule has 0 spiro atoms. The smallest absolute Gasteiger partial charge is 0.143 e. The van der Waals surface area contributed by atoms with Crippen LogP contribution in [0.3, 0.4) is 0 Å². The zero-order chi connectivity index (χ0) is 41.5. The molecule has 4 heteroatoms. The Balaban J connectivity index is 1.03. The fourth-order valence-electron chi connectivity index (χ4n) is 11.1. The molecular weight excluding hydrogens is 785 g/mol. The number of hydrogen-bond acceptors (Lipinski definition) is 2. The van der Waals surface area contributed by atoms with Gasteiger partial charge in [-0.3, -0.25) is 0 Å². The molecule has 2 aliphatic rings. The molecule has 11 aromatic rings. The van der Waals surface area contributed by atoms with Gasteiger partial charge in [-0.1, -0.05) is 196 Å². The molecular formula is C58H42O2Si2. The van der Waals surface area contributed by atoms with Gasteiger partial charge in [0.1, 0.15) is 38.5 Å². The molecule has 0 unspecified atom stereocenters. The minimum Gasteiger partial charge on any atom is -0.455 e. The zero-order valence-electron chi connectivity index (χ0n) is 35.1. The molecule has 0 bridgehead atoms. The molecule has 2 nitrogen and oxygen atoms in total. The average molecular weight is 827 g/mol. The van der Waals surface area contributed by atoms with E-state index >= 15 is 0 Å². The van der Waals surface area contributed by atoms with Crippen molar-refractivity contribution in [1.82, 2.24) is 0 Å². The van der Waals surface area contributed by atoms with Gasteiger partial charge in [0.2, 0.25) is 0 Å². The van der Waals surface area contributed by atoms with Crippen LogP contribution in [-0.2, 0) is 0 Å². The van der Waals surface area contributed by atoms with Crippen molar-refractivity contribution >= 4 is 80.8 Å². The molecule has 0 radical (unpaired) electrons. The Bertz CT molecular complexity index is 3400. The summed E-state index contributed by atoms with van der Waals surface area (Å²) in [6.07, 6.45) is 0. The van der Waals surface area contributed by atoms with E-state index in [1.165, 1.54) is 109 Å².